The van der Waals surface area contributed by atoms with E-state index in [1.165, 1.54) is 0 Å². The Bertz CT molecular complexity index is 431. The monoisotopic (exact) mass is 165 g/mol. The summed E-state index contributed by atoms with van der Waals surface area (Å²) in [6.45, 7) is -0.00181. The predicted molar refractivity (Wildman–Crippen MR) is 45.9 cm³/mol. The fourth-order valence-corrected chi connectivity index (χ4v) is 1.13. The van der Waals surface area contributed by atoms with Crippen LogP contribution >= 0.6 is 0 Å². The average molecular weight is 165 g/mol. The number of aromatic nitrogens is 2. The number of methoxy groups -OCH3 is 1. The van der Waals surface area contributed by atoms with Gasteiger partial charge in [-0.1, -0.05) is 6.07 Å². The van der Waals surface area contributed by atoms with Gasteiger partial charge < -0.3 is 9.14 Å². The van der Waals surface area contributed by atoms with Crippen LogP contribution in [-0.4, -0.2) is 16.4 Å². The van der Waals surface area contributed by atoms with E-state index in [0.717, 1.165) is 5.65 Å². The van der Waals surface area contributed by atoms with Crippen LogP contribution in [0.4, 0.5) is 0 Å². The van der Waals surface area contributed by atoms with Gasteiger partial charge in [-0.05, 0) is 12.1 Å². The lowest BCUT2D eigenvalue weighted by Gasteiger charge is -1.88. The van der Waals surface area contributed by atoms with Gasteiger partial charge in [-0.3, -0.25) is 0 Å². The van der Waals surface area contributed by atoms with Crippen LogP contribution in [0.5, 0.6) is 0 Å². The lowest BCUT2D eigenvalue weighted by molar-refractivity contribution is 0.182. The summed E-state index contributed by atoms with van der Waals surface area (Å²) >= 11 is 0. The van der Waals surface area contributed by atoms with E-state index in [1.54, 1.807) is 6.20 Å². The maximum Gasteiger partial charge on any atom is 0.137 e. The van der Waals surface area contributed by atoms with Gasteiger partial charge in [0.25, 0.3) is 0 Å². The minimum absolute atomic E-state index is 0.00181. The van der Waals surface area contributed by atoms with Crippen molar-refractivity contribution in [2.24, 2.45) is 0 Å². The van der Waals surface area contributed by atoms with Crippen molar-refractivity contribution in [1.29, 1.82) is 0 Å². The summed E-state index contributed by atoms with van der Waals surface area (Å²) in [5.74, 6) is 0. The Kier molecular flexibility index (Phi) is 1.14. The molecule has 3 nitrogen and oxygen atoms in total. The molecule has 2 aromatic heterocycles. The Morgan fingerprint density at radius 2 is 2.67 bits per heavy atom. The van der Waals surface area contributed by atoms with Gasteiger partial charge in [-0.15, -0.1) is 0 Å². The third-order valence-corrected chi connectivity index (χ3v) is 1.63. The zero-order chi connectivity index (χ0) is 10.9. The van der Waals surface area contributed by atoms with E-state index in [0.29, 0.717) is 5.69 Å². The first kappa shape index (κ1) is 4.62. The molecule has 12 heavy (non-hydrogen) atoms. The number of nitrogens with zero attached hydrogens (tertiary/aromatic N) is 2. The van der Waals surface area contributed by atoms with Crippen molar-refractivity contribution in [1.82, 2.24) is 9.38 Å². The molecule has 0 aliphatic rings. The van der Waals surface area contributed by atoms with Crippen molar-refractivity contribution in [3.05, 3.63) is 36.3 Å². The van der Waals surface area contributed by atoms with Crippen molar-refractivity contribution >= 4 is 5.65 Å². The van der Waals surface area contributed by atoms with E-state index in [9.17, 15) is 0 Å². The molecular weight excluding hydrogens is 152 g/mol. The summed E-state index contributed by atoms with van der Waals surface area (Å²) in [4.78, 5) is 4.20. The SMILES string of the molecule is [2H]C([2H])([2H])OCc1cn2ccccc2n1. The highest BCUT2D eigenvalue weighted by Gasteiger charge is 1.98. The van der Waals surface area contributed by atoms with Crippen LogP contribution in [0.1, 0.15) is 9.81 Å². The van der Waals surface area contributed by atoms with Crippen molar-refractivity contribution in [2.45, 2.75) is 6.61 Å². The maximum atomic E-state index is 6.89. The second-order valence-electron chi connectivity index (χ2n) is 2.49. The molecule has 0 unspecified atom stereocenters. The Hall–Kier alpha value is -1.35. The molecule has 2 heterocycles. The third-order valence-electron chi connectivity index (χ3n) is 1.63. The molecule has 0 aromatic carbocycles. The molecule has 0 aliphatic carbocycles. The molecule has 0 saturated carbocycles. The van der Waals surface area contributed by atoms with Gasteiger partial charge in [0.15, 0.2) is 0 Å². The standard InChI is InChI=1S/C9H10N2O/c1-12-7-8-6-11-5-3-2-4-9(11)10-8/h2-6H,7H2,1H3/i1D3. The zero-order valence-electron chi connectivity index (χ0n) is 9.40. The summed E-state index contributed by atoms with van der Waals surface area (Å²) in [5.41, 5.74) is 1.39. The topological polar surface area (TPSA) is 26.5 Å². The van der Waals surface area contributed by atoms with Crippen molar-refractivity contribution in [2.75, 3.05) is 7.04 Å². The van der Waals surface area contributed by atoms with E-state index in [4.69, 9.17) is 4.11 Å². The lowest BCUT2D eigenvalue weighted by atomic mass is 10.5. The van der Waals surface area contributed by atoms with Crippen LogP contribution in [0.25, 0.3) is 5.65 Å². The number of imidazole rings is 1. The Morgan fingerprint density at radius 1 is 1.67 bits per heavy atom. The first-order chi connectivity index (χ1) is 7.04. The third kappa shape index (κ3) is 1.19. The Morgan fingerprint density at radius 3 is 3.50 bits per heavy atom. The maximum absolute atomic E-state index is 6.89. The van der Waals surface area contributed by atoms with Crippen LogP contribution in [0.3, 0.4) is 0 Å². The smallest absolute Gasteiger partial charge is 0.137 e. The van der Waals surface area contributed by atoms with Gasteiger partial charge in [0.2, 0.25) is 0 Å². The molecule has 0 spiro atoms. The molecule has 0 radical (unpaired) electrons. The molecule has 62 valence electrons. The minimum atomic E-state index is -2.37. The fourth-order valence-electron chi connectivity index (χ4n) is 1.13. The summed E-state index contributed by atoms with van der Waals surface area (Å²) in [6.07, 6.45) is 3.60. The summed E-state index contributed by atoms with van der Waals surface area (Å²) in [7, 11) is -2.37. The largest absolute Gasteiger partial charge is 0.378 e. The fraction of sp³-hybridized carbons (Fsp3) is 0.222. The van der Waals surface area contributed by atoms with Crippen LogP contribution < -0.4 is 0 Å². The molecule has 3 heteroatoms. The first-order valence-electron chi connectivity index (χ1n) is 5.11. The van der Waals surface area contributed by atoms with Crippen LogP contribution in [0.2, 0.25) is 0 Å². The van der Waals surface area contributed by atoms with Gasteiger partial charge in [0.1, 0.15) is 5.65 Å². The van der Waals surface area contributed by atoms with Crippen LogP contribution in [0, 0.1) is 0 Å². The molecule has 0 amide bonds. The summed E-state index contributed by atoms with van der Waals surface area (Å²) in [6, 6.07) is 5.60. The van der Waals surface area contributed by atoms with Crippen molar-refractivity contribution in [3.8, 4) is 0 Å². The highest BCUT2D eigenvalue weighted by molar-refractivity contribution is 5.39. The van der Waals surface area contributed by atoms with E-state index >= 15 is 0 Å². The van der Waals surface area contributed by atoms with Crippen molar-refractivity contribution < 1.29 is 8.85 Å². The molecule has 0 atom stereocenters. The Labute approximate surface area is 74.8 Å². The number of pyridine rings is 1. The van der Waals surface area contributed by atoms with E-state index in [2.05, 4.69) is 9.72 Å². The molecule has 0 bridgehead atoms. The summed E-state index contributed by atoms with van der Waals surface area (Å²) in [5, 5.41) is 0. The first-order valence-corrected chi connectivity index (χ1v) is 3.61. The lowest BCUT2D eigenvalue weighted by Crippen LogP contribution is -1.85. The van der Waals surface area contributed by atoms with Crippen LogP contribution in [0.15, 0.2) is 30.6 Å². The average Bonchev–Trinajstić information content (AvgIpc) is 2.56. The number of rotatable bonds is 2. The molecule has 2 rings (SSSR count). The van der Waals surface area contributed by atoms with Gasteiger partial charge in [0, 0.05) is 19.4 Å². The quantitative estimate of drug-likeness (QED) is 0.673. The second kappa shape index (κ2) is 2.95. The molecule has 0 N–H and O–H groups in total. The van der Waals surface area contributed by atoms with Gasteiger partial charge >= 0.3 is 0 Å². The zero-order valence-corrected chi connectivity index (χ0v) is 6.40. The second-order valence-corrected chi connectivity index (χ2v) is 2.49. The molecule has 0 fully saturated rings. The van der Waals surface area contributed by atoms with Gasteiger partial charge in [-0.25, -0.2) is 4.98 Å². The highest BCUT2D eigenvalue weighted by Crippen LogP contribution is 2.04. The van der Waals surface area contributed by atoms with E-state index in [-0.39, 0.29) is 6.61 Å². The molecular formula is C9H10N2O. The molecule has 2 aromatic rings. The summed E-state index contributed by atoms with van der Waals surface area (Å²) < 4.78 is 27.2. The van der Waals surface area contributed by atoms with Gasteiger partial charge in [0.05, 0.1) is 16.4 Å². The Balaban J connectivity index is 2.16. The van der Waals surface area contributed by atoms with E-state index in [1.807, 2.05) is 28.8 Å². The molecule has 0 aliphatic heterocycles. The van der Waals surface area contributed by atoms with E-state index < -0.39 is 7.04 Å². The minimum Gasteiger partial charge on any atom is -0.378 e. The number of hydrogen-bond acceptors (Lipinski definition) is 2. The number of ether oxygens (including phenoxy) is 1. The predicted octanol–water partition coefficient (Wildman–Crippen LogP) is 1.48. The van der Waals surface area contributed by atoms with Crippen LogP contribution in [-0.2, 0) is 11.3 Å². The number of fused-ring (bicyclic) bond motifs is 1. The highest BCUT2D eigenvalue weighted by atomic mass is 16.5. The molecule has 0 saturated heterocycles. The number of hydrogen-bond donors (Lipinski definition) is 0. The van der Waals surface area contributed by atoms with Crippen molar-refractivity contribution in [3.63, 3.8) is 0 Å². The van der Waals surface area contributed by atoms with Gasteiger partial charge in [-0.2, -0.15) is 0 Å². The normalized spacial score (nSPS) is 15.5.